The average molecular weight is 322 g/mol. The summed E-state index contributed by atoms with van der Waals surface area (Å²) in [5.74, 6) is -1.21. The van der Waals surface area contributed by atoms with Gasteiger partial charge in [0.1, 0.15) is 5.82 Å². The van der Waals surface area contributed by atoms with Gasteiger partial charge in [-0.25, -0.2) is 9.18 Å². The summed E-state index contributed by atoms with van der Waals surface area (Å²) in [6.45, 7) is 0.629. The van der Waals surface area contributed by atoms with Crippen molar-refractivity contribution in [3.05, 3.63) is 35.6 Å². The molecule has 1 fully saturated rings. The minimum Gasteiger partial charge on any atom is -0.481 e. The molecule has 2 rings (SSSR count). The molecule has 2 N–H and O–H groups in total. The molecule has 126 valence electrons. The molecule has 1 aliphatic rings. The number of urea groups is 1. The maximum atomic E-state index is 13.2. The standard InChI is InChI=1S/C17H23FN2O3/c18-14-5-3-4-13(12-14)9-11-20(15-6-1-2-7-15)17(23)19-10-8-16(21)22/h3-5,12,15H,1-2,6-11H2,(H,19,23)(H,21,22). The molecular weight excluding hydrogens is 299 g/mol. The number of carbonyl (C=O) groups excluding carboxylic acids is 1. The minimum absolute atomic E-state index is 0.0891. The van der Waals surface area contributed by atoms with Gasteiger partial charge in [0, 0.05) is 19.1 Å². The Balaban J connectivity index is 1.93. The van der Waals surface area contributed by atoms with E-state index in [4.69, 9.17) is 5.11 Å². The highest BCUT2D eigenvalue weighted by Gasteiger charge is 2.26. The van der Waals surface area contributed by atoms with E-state index in [-0.39, 0.29) is 30.9 Å². The summed E-state index contributed by atoms with van der Waals surface area (Å²) in [5, 5.41) is 11.3. The molecule has 6 heteroatoms. The molecule has 23 heavy (non-hydrogen) atoms. The first-order valence-electron chi connectivity index (χ1n) is 8.07. The fourth-order valence-corrected chi connectivity index (χ4v) is 2.99. The van der Waals surface area contributed by atoms with E-state index in [1.165, 1.54) is 12.1 Å². The monoisotopic (exact) mass is 322 g/mol. The van der Waals surface area contributed by atoms with Crippen LogP contribution in [0.3, 0.4) is 0 Å². The molecule has 0 saturated heterocycles. The Hall–Kier alpha value is -2.11. The highest BCUT2D eigenvalue weighted by atomic mass is 19.1. The number of nitrogens with zero attached hydrogens (tertiary/aromatic N) is 1. The zero-order valence-corrected chi connectivity index (χ0v) is 13.1. The second kappa shape index (κ2) is 8.50. The van der Waals surface area contributed by atoms with Gasteiger partial charge in [-0.3, -0.25) is 4.79 Å². The zero-order chi connectivity index (χ0) is 16.7. The van der Waals surface area contributed by atoms with Gasteiger partial charge in [0.15, 0.2) is 0 Å². The van der Waals surface area contributed by atoms with Gasteiger partial charge in [0.2, 0.25) is 0 Å². The van der Waals surface area contributed by atoms with E-state index in [9.17, 15) is 14.0 Å². The van der Waals surface area contributed by atoms with E-state index in [1.54, 1.807) is 11.0 Å². The lowest BCUT2D eigenvalue weighted by atomic mass is 10.1. The third-order valence-electron chi connectivity index (χ3n) is 4.17. The normalized spacial score (nSPS) is 14.7. The van der Waals surface area contributed by atoms with Crippen LogP contribution in [0.5, 0.6) is 0 Å². The quantitative estimate of drug-likeness (QED) is 0.811. The number of aliphatic carboxylic acids is 1. The SMILES string of the molecule is O=C(O)CCNC(=O)N(CCc1cccc(F)c1)C1CCCC1. The van der Waals surface area contributed by atoms with Crippen LogP contribution in [0.2, 0.25) is 0 Å². The second-order valence-electron chi connectivity index (χ2n) is 5.89. The van der Waals surface area contributed by atoms with Crippen LogP contribution in [-0.2, 0) is 11.2 Å². The number of carboxylic acids is 1. The van der Waals surface area contributed by atoms with Gasteiger partial charge in [0.25, 0.3) is 0 Å². The summed E-state index contributed by atoms with van der Waals surface area (Å²) >= 11 is 0. The number of carboxylic acid groups (broad SMARTS) is 1. The van der Waals surface area contributed by atoms with Crippen molar-refractivity contribution in [1.29, 1.82) is 0 Å². The van der Waals surface area contributed by atoms with Crippen molar-refractivity contribution in [3.8, 4) is 0 Å². The lowest BCUT2D eigenvalue weighted by molar-refractivity contribution is -0.136. The first-order chi connectivity index (χ1) is 11.1. The molecule has 0 atom stereocenters. The largest absolute Gasteiger partial charge is 0.481 e. The molecule has 5 nitrogen and oxygen atoms in total. The molecule has 1 aromatic rings. The van der Waals surface area contributed by atoms with Gasteiger partial charge in [-0.2, -0.15) is 0 Å². The van der Waals surface area contributed by atoms with Crippen LogP contribution in [0, 0.1) is 5.82 Å². The van der Waals surface area contributed by atoms with Crippen LogP contribution >= 0.6 is 0 Å². The van der Waals surface area contributed by atoms with Crippen LogP contribution in [-0.4, -0.2) is 41.1 Å². The van der Waals surface area contributed by atoms with Crippen molar-refractivity contribution in [2.45, 2.75) is 44.6 Å². The van der Waals surface area contributed by atoms with Crippen molar-refractivity contribution < 1.29 is 19.1 Å². The molecule has 0 spiro atoms. The molecule has 0 aliphatic heterocycles. The molecular formula is C17H23FN2O3. The van der Waals surface area contributed by atoms with Crippen LogP contribution in [0.4, 0.5) is 9.18 Å². The Labute approximate surface area is 135 Å². The van der Waals surface area contributed by atoms with Gasteiger partial charge in [-0.1, -0.05) is 25.0 Å². The Morgan fingerprint density at radius 1 is 1.30 bits per heavy atom. The summed E-state index contributed by atoms with van der Waals surface area (Å²) in [6, 6.07) is 6.35. The molecule has 0 heterocycles. The molecule has 0 aromatic heterocycles. The Morgan fingerprint density at radius 2 is 2.04 bits per heavy atom. The van der Waals surface area contributed by atoms with Crippen molar-refractivity contribution in [2.75, 3.05) is 13.1 Å². The first kappa shape index (κ1) is 17.2. The zero-order valence-electron chi connectivity index (χ0n) is 13.1. The molecule has 0 unspecified atom stereocenters. The summed E-state index contributed by atoms with van der Waals surface area (Å²) < 4.78 is 13.2. The van der Waals surface area contributed by atoms with Crippen molar-refractivity contribution in [3.63, 3.8) is 0 Å². The third-order valence-corrected chi connectivity index (χ3v) is 4.17. The average Bonchev–Trinajstić information content (AvgIpc) is 3.01. The Morgan fingerprint density at radius 3 is 2.70 bits per heavy atom. The van der Waals surface area contributed by atoms with Gasteiger partial charge >= 0.3 is 12.0 Å². The van der Waals surface area contributed by atoms with Crippen molar-refractivity contribution in [1.82, 2.24) is 10.2 Å². The number of amides is 2. The number of hydrogen-bond acceptors (Lipinski definition) is 2. The predicted molar refractivity (Wildman–Crippen MR) is 84.7 cm³/mol. The van der Waals surface area contributed by atoms with Gasteiger partial charge in [-0.15, -0.1) is 0 Å². The predicted octanol–water partition coefficient (Wildman–Crippen LogP) is 2.80. The summed E-state index contributed by atoms with van der Waals surface area (Å²) in [4.78, 5) is 24.7. The lowest BCUT2D eigenvalue weighted by Gasteiger charge is -2.29. The molecule has 0 bridgehead atoms. The number of halogens is 1. The smallest absolute Gasteiger partial charge is 0.317 e. The highest BCUT2D eigenvalue weighted by Crippen LogP contribution is 2.24. The molecule has 1 aliphatic carbocycles. The number of rotatable bonds is 7. The van der Waals surface area contributed by atoms with Crippen LogP contribution in [0.25, 0.3) is 0 Å². The number of hydrogen-bond donors (Lipinski definition) is 2. The Bertz CT molecular complexity index is 544. The maximum absolute atomic E-state index is 13.2. The summed E-state index contributed by atoms with van der Waals surface area (Å²) in [6.07, 6.45) is 4.63. The van der Waals surface area contributed by atoms with Crippen LogP contribution in [0.1, 0.15) is 37.7 Å². The van der Waals surface area contributed by atoms with Gasteiger partial charge in [0.05, 0.1) is 6.42 Å². The van der Waals surface area contributed by atoms with Gasteiger partial charge < -0.3 is 15.3 Å². The van der Waals surface area contributed by atoms with E-state index in [0.717, 1.165) is 31.2 Å². The number of carbonyl (C=O) groups is 2. The van der Waals surface area contributed by atoms with Crippen molar-refractivity contribution in [2.24, 2.45) is 0 Å². The minimum atomic E-state index is -0.933. The van der Waals surface area contributed by atoms with E-state index in [2.05, 4.69) is 5.32 Å². The fraction of sp³-hybridized carbons (Fsp3) is 0.529. The van der Waals surface area contributed by atoms with Gasteiger partial charge in [-0.05, 0) is 37.0 Å². The third kappa shape index (κ3) is 5.54. The topological polar surface area (TPSA) is 69.6 Å². The van der Waals surface area contributed by atoms with Crippen molar-refractivity contribution >= 4 is 12.0 Å². The number of nitrogens with one attached hydrogen (secondary N) is 1. The molecule has 1 aromatic carbocycles. The first-order valence-corrected chi connectivity index (χ1v) is 8.07. The summed E-state index contributed by atoms with van der Waals surface area (Å²) in [7, 11) is 0. The van der Waals surface area contributed by atoms with Crippen LogP contribution in [0.15, 0.2) is 24.3 Å². The van der Waals surface area contributed by atoms with E-state index in [0.29, 0.717) is 13.0 Å². The highest BCUT2D eigenvalue weighted by molar-refractivity contribution is 5.75. The second-order valence-corrected chi connectivity index (χ2v) is 5.89. The van der Waals surface area contributed by atoms with Crippen LogP contribution < -0.4 is 5.32 Å². The lowest BCUT2D eigenvalue weighted by Crippen LogP contribution is -2.46. The molecule has 0 radical (unpaired) electrons. The van der Waals surface area contributed by atoms with E-state index < -0.39 is 5.97 Å². The van der Waals surface area contributed by atoms with E-state index in [1.807, 2.05) is 6.07 Å². The molecule has 1 saturated carbocycles. The fourth-order valence-electron chi connectivity index (χ4n) is 2.99. The maximum Gasteiger partial charge on any atom is 0.317 e. The summed E-state index contributed by atoms with van der Waals surface area (Å²) in [5.41, 5.74) is 0.853. The Kier molecular flexibility index (Phi) is 6.38. The molecule has 2 amide bonds. The number of benzene rings is 1. The van der Waals surface area contributed by atoms with E-state index >= 15 is 0 Å².